The van der Waals surface area contributed by atoms with Crippen LogP contribution in [0.2, 0.25) is 0 Å². The number of pyridine rings is 1. The quantitative estimate of drug-likeness (QED) is 0.0712. The number of anilines is 1. The second kappa shape index (κ2) is 21.6. The number of hydrogen-bond donors (Lipinski definition) is 4. The molecule has 2 bridgehead atoms. The summed E-state index contributed by atoms with van der Waals surface area (Å²) in [5.41, 5.74) is 4.83. The standard InChI is InChI=1S/C60H64F2N10O7S/c1-6-43-46(61)14-11-37-21-40(73)22-44(51(37)43)53-52(62)54-45(27-63-53)56(71-28-38-12-13-39(29-71)66-38)68-59(67-54)77-20-19-70-17-15-60(16-18-70)25-42(26-60)78-49-24-48(79-69-49)50(32(2)3)58(76)72-30-41(74)23-47(72)57(75)65-33(4)35-7-9-36(10-8-35)55-34(5)64-31-80-55/h1,7-11,14,21-22,24,27,31-33,38-39,41-42,47,50,66,73-74H,12-13,15-20,23,25-26,28-30H2,2-5H3,(H,65,75)/t33?,38?,39?,41-,47+,50?/m1/s1. The Morgan fingerprint density at radius 3 is 2.49 bits per heavy atom. The Hall–Kier alpha value is -7.31. The molecule has 12 rings (SSSR count). The van der Waals surface area contributed by atoms with Crippen molar-refractivity contribution in [2.75, 3.05) is 50.8 Å². The summed E-state index contributed by atoms with van der Waals surface area (Å²) in [5, 5.41) is 33.6. The number of rotatable bonds is 15. The van der Waals surface area contributed by atoms with Crippen molar-refractivity contribution in [2.24, 2.45) is 11.3 Å². The van der Waals surface area contributed by atoms with Gasteiger partial charge in [-0.3, -0.25) is 19.5 Å². The molecule has 0 radical (unpaired) electrons. The van der Waals surface area contributed by atoms with E-state index in [0.717, 1.165) is 73.3 Å². The molecule has 20 heteroatoms. The maximum Gasteiger partial charge on any atom is 0.319 e. The SMILES string of the molecule is C#Cc1c(F)ccc2cc(O)cc(-c3ncc4c(N5CC6CCC(C5)N6)nc(OCCN5CCC6(CC5)CC(Oc5cc(C(C(=O)N7C[C@H](O)C[C@H]7C(=O)NC(C)c7ccc(-c8scnc8C)cc7)C(C)C)on5)C6)nc4c3F)c12. The van der Waals surface area contributed by atoms with E-state index in [-0.39, 0.29) is 106 Å². The number of thiazole rings is 1. The molecular formula is C60H64F2N10O7S. The molecule has 6 atom stereocenters. The third-order valence-electron chi connectivity index (χ3n) is 17.2. The Kier molecular flexibility index (Phi) is 14.4. The zero-order valence-electron chi connectivity index (χ0n) is 45.1. The van der Waals surface area contributed by atoms with Crippen LogP contribution in [0.3, 0.4) is 0 Å². The van der Waals surface area contributed by atoms with Crippen LogP contribution in [0.25, 0.3) is 43.4 Å². The van der Waals surface area contributed by atoms with Crippen LogP contribution in [0.1, 0.15) is 100 Å². The van der Waals surface area contributed by atoms with Crippen LogP contribution < -0.4 is 25.0 Å². The first-order valence-corrected chi connectivity index (χ1v) is 28.6. The zero-order valence-corrected chi connectivity index (χ0v) is 45.9. The van der Waals surface area contributed by atoms with E-state index in [1.165, 1.54) is 35.4 Å². The number of nitrogens with zero attached hydrogens (tertiary/aromatic N) is 8. The summed E-state index contributed by atoms with van der Waals surface area (Å²) in [5.74, 6) is 0.423. The maximum atomic E-state index is 17.1. The Labute approximate surface area is 466 Å². The van der Waals surface area contributed by atoms with Crippen molar-refractivity contribution in [3.63, 3.8) is 0 Å². The number of terminal acetylenes is 1. The summed E-state index contributed by atoms with van der Waals surface area (Å²) in [7, 11) is 0. The van der Waals surface area contributed by atoms with E-state index in [9.17, 15) is 19.8 Å². The summed E-state index contributed by atoms with van der Waals surface area (Å²) in [6, 6.07) is 14.6. The molecule has 1 spiro atoms. The van der Waals surface area contributed by atoms with E-state index >= 15 is 8.78 Å². The molecule has 4 aromatic heterocycles. The van der Waals surface area contributed by atoms with Crippen molar-refractivity contribution in [1.29, 1.82) is 0 Å². The van der Waals surface area contributed by atoms with Gasteiger partial charge in [0.2, 0.25) is 11.8 Å². The van der Waals surface area contributed by atoms with Gasteiger partial charge >= 0.3 is 6.01 Å². The average molecular weight is 1110 g/mol. The number of aryl methyl sites for hydroxylation is 1. The number of carbonyl (C=O) groups excluding carboxylic acids is 2. The lowest BCUT2D eigenvalue weighted by Gasteiger charge is -2.51. The largest absolute Gasteiger partial charge is 0.508 e. The molecule has 7 aromatic rings. The van der Waals surface area contributed by atoms with Gasteiger partial charge in [0.05, 0.1) is 39.2 Å². The predicted octanol–water partition coefficient (Wildman–Crippen LogP) is 8.45. The van der Waals surface area contributed by atoms with E-state index in [4.69, 9.17) is 25.4 Å². The van der Waals surface area contributed by atoms with Gasteiger partial charge in [-0.25, -0.2) is 13.8 Å². The van der Waals surface area contributed by atoms with Crippen molar-refractivity contribution < 1.29 is 42.6 Å². The van der Waals surface area contributed by atoms with E-state index in [1.807, 2.05) is 57.5 Å². The lowest BCUT2D eigenvalue weighted by Crippen LogP contribution is -2.51. The highest BCUT2D eigenvalue weighted by Gasteiger charge is 2.48. The molecule has 5 aliphatic rings. The van der Waals surface area contributed by atoms with E-state index < -0.39 is 29.7 Å². The summed E-state index contributed by atoms with van der Waals surface area (Å²) in [6.07, 6.45) is 12.2. The number of carbonyl (C=O) groups is 2. The van der Waals surface area contributed by atoms with Gasteiger partial charge in [-0.2, -0.15) is 9.97 Å². The first-order valence-electron chi connectivity index (χ1n) is 27.7. The molecule has 416 valence electrons. The molecule has 4 unspecified atom stereocenters. The topological polar surface area (TPSA) is 204 Å². The van der Waals surface area contributed by atoms with Gasteiger partial charge < -0.3 is 44.6 Å². The predicted molar refractivity (Wildman–Crippen MR) is 298 cm³/mol. The number of aliphatic hydroxyl groups is 1. The molecule has 8 heterocycles. The van der Waals surface area contributed by atoms with Crippen LogP contribution in [0.4, 0.5) is 14.6 Å². The Morgan fingerprint density at radius 2 is 1.77 bits per heavy atom. The van der Waals surface area contributed by atoms with Gasteiger partial charge in [-0.05, 0) is 117 Å². The second-order valence-electron chi connectivity index (χ2n) is 22.9. The Balaban J connectivity index is 0.661. The smallest absolute Gasteiger partial charge is 0.319 e. The van der Waals surface area contributed by atoms with E-state index in [1.54, 1.807) is 17.4 Å². The van der Waals surface area contributed by atoms with Gasteiger partial charge in [0.25, 0.3) is 5.88 Å². The minimum Gasteiger partial charge on any atom is -0.508 e. The van der Waals surface area contributed by atoms with Crippen LogP contribution >= 0.6 is 11.3 Å². The van der Waals surface area contributed by atoms with Gasteiger partial charge in [-0.1, -0.05) is 50.1 Å². The van der Waals surface area contributed by atoms with Crippen LogP contribution in [-0.2, 0) is 9.59 Å². The number of phenols is 1. The second-order valence-corrected chi connectivity index (χ2v) is 23.7. The lowest BCUT2D eigenvalue weighted by atomic mass is 9.61. The molecule has 17 nitrogen and oxygen atoms in total. The fourth-order valence-electron chi connectivity index (χ4n) is 12.9. The van der Waals surface area contributed by atoms with E-state index in [2.05, 4.69) is 46.5 Å². The number of aliphatic hydroxyl groups excluding tert-OH is 1. The third-order valence-corrected chi connectivity index (χ3v) is 18.1. The Morgan fingerprint density at radius 1 is 1.01 bits per heavy atom. The summed E-state index contributed by atoms with van der Waals surface area (Å²) in [6.45, 7) is 11.7. The minimum atomic E-state index is -0.855. The van der Waals surface area contributed by atoms with E-state index in [0.29, 0.717) is 47.9 Å². The molecule has 5 fully saturated rings. The Bertz CT molecular complexity index is 3520. The third kappa shape index (κ3) is 10.3. The molecular weight excluding hydrogens is 1040 g/mol. The number of piperidine rings is 1. The van der Waals surface area contributed by atoms with Crippen LogP contribution in [0.5, 0.6) is 17.6 Å². The number of benzene rings is 3. The summed E-state index contributed by atoms with van der Waals surface area (Å²) < 4.78 is 50.6. The highest BCUT2D eigenvalue weighted by atomic mass is 32.1. The molecule has 2 amide bonds. The van der Waals surface area contributed by atoms with Gasteiger partial charge in [0, 0.05) is 67.9 Å². The average Bonchev–Trinajstić information content (AvgIpc) is 4.25. The monoisotopic (exact) mass is 1110 g/mol. The summed E-state index contributed by atoms with van der Waals surface area (Å²) in [4.78, 5) is 53.7. The molecule has 4 aliphatic heterocycles. The van der Waals surface area contributed by atoms with Crippen molar-refractivity contribution in [3.05, 3.63) is 101 Å². The molecule has 3 aromatic carbocycles. The van der Waals surface area contributed by atoms with Crippen molar-refractivity contribution in [1.82, 2.24) is 45.5 Å². The van der Waals surface area contributed by atoms with Crippen molar-refractivity contribution >= 4 is 50.6 Å². The number of nitrogens with one attached hydrogen (secondary N) is 2. The number of hydrogen-bond acceptors (Lipinski definition) is 16. The highest BCUT2D eigenvalue weighted by Crippen LogP contribution is 2.51. The van der Waals surface area contributed by atoms with Gasteiger partial charge in [-0.15, -0.1) is 17.8 Å². The van der Waals surface area contributed by atoms with Crippen LogP contribution in [-0.4, -0.2) is 133 Å². The number of likely N-dealkylation sites (tertiary alicyclic amines) is 2. The fourth-order valence-corrected chi connectivity index (χ4v) is 13.7. The molecule has 80 heavy (non-hydrogen) atoms. The van der Waals surface area contributed by atoms with Crippen molar-refractivity contribution in [2.45, 2.75) is 115 Å². The van der Waals surface area contributed by atoms with Gasteiger partial charge in [0.1, 0.15) is 53.3 Å². The molecule has 4 saturated heterocycles. The van der Waals surface area contributed by atoms with Crippen LogP contribution in [0.15, 0.2) is 70.8 Å². The maximum absolute atomic E-state index is 17.1. The zero-order chi connectivity index (χ0) is 55.6. The molecule has 1 aliphatic carbocycles. The highest BCUT2D eigenvalue weighted by molar-refractivity contribution is 7.13. The number of piperazine rings is 1. The number of phenolic OH excluding ortho intramolecular Hbond substituents is 1. The number of amides is 2. The first kappa shape index (κ1) is 53.3. The number of aromatic hydroxyl groups is 1. The molecule has 4 N–H and O–H groups in total. The number of aromatic nitrogens is 5. The minimum absolute atomic E-state index is 0.00231. The number of fused-ring (bicyclic) bond motifs is 4. The number of halogens is 2. The lowest BCUT2D eigenvalue weighted by molar-refractivity contribution is -0.141. The fraction of sp³-hybridized carbons (Fsp3) is 0.450. The number of β-amino-alcohol motifs (C(OH)–C–C–N with tert-alkyl or cyclic N) is 1. The first-order chi connectivity index (χ1) is 38.6. The normalized spacial score (nSPS) is 21.7. The number of ether oxygens (including phenoxy) is 2. The summed E-state index contributed by atoms with van der Waals surface area (Å²) >= 11 is 1.58. The molecule has 1 saturated carbocycles. The van der Waals surface area contributed by atoms with Crippen LogP contribution in [0, 0.1) is 42.2 Å². The van der Waals surface area contributed by atoms with Crippen molar-refractivity contribution in [3.8, 4) is 51.7 Å². The van der Waals surface area contributed by atoms with Gasteiger partial charge in [0.15, 0.2) is 11.6 Å².